The number of hydrogen-bond donors (Lipinski definition) is 2. The van der Waals surface area contributed by atoms with Gasteiger partial charge in [-0.15, -0.1) is 0 Å². The molecule has 0 bridgehead atoms. The van der Waals surface area contributed by atoms with Crippen molar-refractivity contribution >= 4 is 41.0 Å². The zero-order valence-corrected chi connectivity index (χ0v) is 16.9. The summed E-state index contributed by atoms with van der Waals surface area (Å²) < 4.78 is 13.0. The summed E-state index contributed by atoms with van der Waals surface area (Å²) in [6, 6.07) is 7.19. The van der Waals surface area contributed by atoms with Crippen LogP contribution in [0.3, 0.4) is 0 Å². The molecule has 0 atom stereocenters. The third-order valence-corrected chi connectivity index (χ3v) is 5.89. The number of morpholine rings is 1. The summed E-state index contributed by atoms with van der Waals surface area (Å²) >= 11 is 6.66. The maximum Gasteiger partial charge on any atom is 0.269 e. The molecular weight excluding hydrogens is 384 g/mol. The SMILES string of the molecule is COc1cccc(NC(=O)c2sc(=S)n(CCCN3CCOCC3)c2N)c1. The van der Waals surface area contributed by atoms with Crippen LogP contribution in [0.1, 0.15) is 16.1 Å². The molecule has 0 radical (unpaired) electrons. The molecule has 146 valence electrons. The fourth-order valence-corrected chi connectivity index (χ4v) is 4.23. The van der Waals surface area contributed by atoms with E-state index < -0.39 is 0 Å². The summed E-state index contributed by atoms with van der Waals surface area (Å²) in [5.74, 6) is 0.838. The number of nitrogens with two attached hydrogens (primary N) is 1. The number of carbonyl (C=O) groups is 1. The van der Waals surface area contributed by atoms with Crippen molar-refractivity contribution in [2.45, 2.75) is 13.0 Å². The third kappa shape index (κ3) is 5.07. The Morgan fingerprint density at radius 1 is 1.37 bits per heavy atom. The van der Waals surface area contributed by atoms with Gasteiger partial charge in [0.25, 0.3) is 5.91 Å². The largest absolute Gasteiger partial charge is 0.497 e. The molecule has 7 nitrogen and oxygen atoms in total. The summed E-state index contributed by atoms with van der Waals surface area (Å²) in [5, 5.41) is 2.85. The van der Waals surface area contributed by atoms with Crippen LogP contribution in [0.15, 0.2) is 24.3 Å². The van der Waals surface area contributed by atoms with Gasteiger partial charge in [0, 0.05) is 37.9 Å². The molecule has 3 rings (SSSR count). The highest BCUT2D eigenvalue weighted by molar-refractivity contribution is 7.73. The predicted molar refractivity (Wildman–Crippen MR) is 110 cm³/mol. The highest BCUT2D eigenvalue weighted by Crippen LogP contribution is 2.25. The van der Waals surface area contributed by atoms with Crippen LogP contribution in [-0.4, -0.2) is 55.3 Å². The number of benzene rings is 1. The second-order valence-corrected chi connectivity index (χ2v) is 7.87. The third-order valence-electron chi connectivity index (χ3n) is 4.43. The first-order valence-corrected chi connectivity index (χ1v) is 10.1. The lowest BCUT2D eigenvalue weighted by Crippen LogP contribution is -2.37. The molecule has 3 N–H and O–H groups in total. The molecule has 1 aliphatic rings. The molecule has 0 aliphatic carbocycles. The number of anilines is 2. The molecule has 1 saturated heterocycles. The van der Waals surface area contributed by atoms with Gasteiger partial charge in [-0.25, -0.2) is 0 Å². The van der Waals surface area contributed by atoms with Crippen LogP contribution in [0.25, 0.3) is 0 Å². The minimum atomic E-state index is -0.260. The van der Waals surface area contributed by atoms with E-state index in [-0.39, 0.29) is 5.91 Å². The molecule has 2 aromatic rings. The molecule has 1 amide bonds. The zero-order valence-electron chi connectivity index (χ0n) is 15.3. The number of nitrogens with one attached hydrogen (secondary N) is 1. The maximum atomic E-state index is 12.6. The van der Waals surface area contributed by atoms with Crippen LogP contribution in [0.2, 0.25) is 0 Å². The maximum absolute atomic E-state index is 12.6. The molecule has 1 aromatic heterocycles. The minimum Gasteiger partial charge on any atom is -0.497 e. The average Bonchev–Trinajstić information content (AvgIpc) is 2.97. The smallest absolute Gasteiger partial charge is 0.269 e. The Kier molecular flexibility index (Phi) is 6.84. The summed E-state index contributed by atoms with van der Waals surface area (Å²) in [6.45, 7) is 5.15. The molecule has 9 heteroatoms. The van der Waals surface area contributed by atoms with E-state index in [0.717, 1.165) is 39.3 Å². The number of amides is 1. The number of carbonyl (C=O) groups excluding carboxylic acids is 1. The molecule has 1 fully saturated rings. The molecule has 27 heavy (non-hydrogen) atoms. The normalized spacial score (nSPS) is 14.9. The van der Waals surface area contributed by atoms with Crippen molar-refractivity contribution in [3.8, 4) is 5.75 Å². The molecule has 2 heterocycles. The number of nitrogen functional groups attached to an aromatic ring is 1. The highest BCUT2D eigenvalue weighted by Gasteiger charge is 2.18. The van der Waals surface area contributed by atoms with Crippen LogP contribution in [0.4, 0.5) is 11.5 Å². The Bertz CT molecular complexity index is 843. The number of nitrogens with zero attached hydrogens (tertiary/aromatic N) is 2. The Labute approximate surface area is 167 Å². The molecule has 0 spiro atoms. The quantitative estimate of drug-likeness (QED) is 0.686. The first-order valence-electron chi connectivity index (χ1n) is 8.83. The molecule has 1 aliphatic heterocycles. The Morgan fingerprint density at radius 2 is 2.15 bits per heavy atom. The van der Waals surface area contributed by atoms with Crippen LogP contribution in [-0.2, 0) is 11.3 Å². The predicted octanol–water partition coefficient (Wildman–Crippen LogP) is 2.84. The van der Waals surface area contributed by atoms with Gasteiger partial charge in [-0.2, -0.15) is 0 Å². The van der Waals surface area contributed by atoms with Crippen molar-refractivity contribution in [1.82, 2.24) is 9.47 Å². The second kappa shape index (κ2) is 9.32. The van der Waals surface area contributed by atoms with Gasteiger partial charge < -0.3 is 25.1 Å². The van der Waals surface area contributed by atoms with E-state index in [1.165, 1.54) is 11.3 Å². The Hall–Kier alpha value is -1.94. The standard InChI is InChI=1S/C18H24N4O3S2/c1-24-14-5-2-4-13(12-14)20-17(23)15-16(19)22(18(26)27-15)7-3-6-21-8-10-25-11-9-21/h2,4-5,12H,3,6-11,19H2,1H3,(H,20,23). The Balaban J connectivity index is 1.63. The topological polar surface area (TPSA) is 81.8 Å². The summed E-state index contributed by atoms with van der Waals surface area (Å²) in [5.41, 5.74) is 6.87. The van der Waals surface area contributed by atoms with E-state index in [4.69, 9.17) is 27.4 Å². The van der Waals surface area contributed by atoms with Gasteiger partial charge in [-0.1, -0.05) is 17.4 Å². The van der Waals surface area contributed by atoms with Gasteiger partial charge in [-0.3, -0.25) is 9.69 Å². The van der Waals surface area contributed by atoms with Crippen LogP contribution >= 0.6 is 23.6 Å². The van der Waals surface area contributed by atoms with Crippen molar-refractivity contribution in [2.75, 3.05) is 51.0 Å². The van der Waals surface area contributed by atoms with Crippen LogP contribution < -0.4 is 15.8 Å². The van der Waals surface area contributed by atoms with Gasteiger partial charge in [0.2, 0.25) is 0 Å². The van der Waals surface area contributed by atoms with E-state index in [0.29, 0.717) is 32.6 Å². The number of ether oxygens (including phenoxy) is 2. The van der Waals surface area contributed by atoms with E-state index in [9.17, 15) is 4.79 Å². The van der Waals surface area contributed by atoms with E-state index in [2.05, 4.69) is 10.2 Å². The van der Waals surface area contributed by atoms with Gasteiger partial charge in [0.15, 0.2) is 3.95 Å². The van der Waals surface area contributed by atoms with E-state index in [1.54, 1.807) is 19.2 Å². The highest BCUT2D eigenvalue weighted by atomic mass is 32.1. The molecule has 1 aromatic carbocycles. The second-order valence-electron chi connectivity index (χ2n) is 6.23. The molecular formula is C18H24N4O3S2. The van der Waals surface area contributed by atoms with Gasteiger partial charge in [-0.05, 0) is 30.8 Å². The average molecular weight is 409 g/mol. The number of aromatic nitrogens is 1. The lowest BCUT2D eigenvalue weighted by atomic mass is 10.3. The van der Waals surface area contributed by atoms with Crippen molar-refractivity contribution in [3.63, 3.8) is 0 Å². The van der Waals surface area contributed by atoms with E-state index in [1.807, 2.05) is 16.7 Å². The van der Waals surface area contributed by atoms with Gasteiger partial charge >= 0.3 is 0 Å². The summed E-state index contributed by atoms with van der Waals surface area (Å²) in [7, 11) is 1.58. The van der Waals surface area contributed by atoms with Crippen LogP contribution in [0.5, 0.6) is 5.75 Å². The number of hydrogen-bond acceptors (Lipinski definition) is 7. The lowest BCUT2D eigenvalue weighted by molar-refractivity contribution is 0.0369. The molecule has 0 unspecified atom stereocenters. The fourth-order valence-electron chi connectivity index (χ4n) is 2.96. The Morgan fingerprint density at radius 3 is 2.89 bits per heavy atom. The minimum absolute atomic E-state index is 0.260. The van der Waals surface area contributed by atoms with Crippen molar-refractivity contribution < 1.29 is 14.3 Å². The summed E-state index contributed by atoms with van der Waals surface area (Å²) in [6.07, 6.45) is 0.923. The van der Waals surface area contributed by atoms with Gasteiger partial charge in [0.05, 0.1) is 20.3 Å². The number of methoxy groups -OCH3 is 1. The van der Waals surface area contributed by atoms with E-state index >= 15 is 0 Å². The summed E-state index contributed by atoms with van der Waals surface area (Å²) in [4.78, 5) is 15.4. The lowest BCUT2D eigenvalue weighted by Gasteiger charge is -2.26. The van der Waals surface area contributed by atoms with Crippen LogP contribution in [0, 0.1) is 3.95 Å². The zero-order chi connectivity index (χ0) is 19.2. The van der Waals surface area contributed by atoms with Crippen molar-refractivity contribution in [2.24, 2.45) is 0 Å². The number of rotatable bonds is 7. The van der Waals surface area contributed by atoms with Gasteiger partial charge in [0.1, 0.15) is 16.4 Å². The van der Waals surface area contributed by atoms with Crippen molar-refractivity contribution in [1.29, 1.82) is 0 Å². The molecule has 0 saturated carbocycles. The van der Waals surface area contributed by atoms with Crippen molar-refractivity contribution in [3.05, 3.63) is 33.1 Å². The number of thiazole rings is 1. The monoisotopic (exact) mass is 408 g/mol. The first kappa shape index (κ1) is 19.8. The first-order chi connectivity index (χ1) is 13.1. The fraction of sp³-hybridized carbons (Fsp3) is 0.444.